The first-order chi connectivity index (χ1) is 9.95. The molecule has 0 bridgehead atoms. The van der Waals surface area contributed by atoms with Crippen LogP contribution in [0.5, 0.6) is 5.75 Å². The molecule has 0 amide bonds. The first-order valence-corrected chi connectivity index (χ1v) is 9.00. The third kappa shape index (κ3) is 3.69. The molecule has 1 unspecified atom stereocenters. The highest BCUT2D eigenvalue weighted by Gasteiger charge is 2.34. The SMILES string of the molecule is COc1ccc(S(=O)(=O)N2CCSCC2CC(=O)O)cc1. The molecule has 116 valence electrons. The van der Waals surface area contributed by atoms with E-state index in [4.69, 9.17) is 9.84 Å². The summed E-state index contributed by atoms with van der Waals surface area (Å²) in [6, 6.07) is 5.62. The van der Waals surface area contributed by atoms with Gasteiger partial charge in [0, 0.05) is 24.1 Å². The first-order valence-electron chi connectivity index (χ1n) is 6.40. The van der Waals surface area contributed by atoms with Gasteiger partial charge in [-0.15, -0.1) is 0 Å². The smallest absolute Gasteiger partial charge is 0.305 e. The van der Waals surface area contributed by atoms with E-state index >= 15 is 0 Å². The highest BCUT2D eigenvalue weighted by Crippen LogP contribution is 2.27. The van der Waals surface area contributed by atoms with E-state index in [9.17, 15) is 13.2 Å². The number of carbonyl (C=O) groups is 1. The largest absolute Gasteiger partial charge is 0.497 e. The molecular formula is C13H17NO5S2. The van der Waals surface area contributed by atoms with Crippen molar-refractivity contribution in [1.82, 2.24) is 4.31 Å². The van der Waals surface area contributed by atoms with Gasteiger partial charge in [0.1, 0.15) is 5.75 Å². The van der Waals surface area contributed by atoms with Gasteiger partial charge in [-0.1, -0.05) is 0 Å². The van der Waals surface area contributed by atoms with E-state index in [0.29, 0.717) is 23.8 Å². The van der Waals surface area contributed by atoms with Gasteiger partial charge in [0.25, 0.3) is 0 Å². The fourth-order valence-corrected chi connectivity index (χ4v) is 5.10. The number of methoxy groups -OCH3 is 1. The lowest BCUT2D eigenvalue weighted by molar-refractivity contribution is -0.137. The van der Waals surface area contributed by atoms with Gasteiger partial charge in [-0.2, -0.15) is 16.1 Å². The Kier molecular flexibility index (Phi) is 5.13. The third-order valence-corrected chi connectivity index (χ3v) is 6.31. The molecule has 1 aliphatic rings. The predicted molar refractivity (Wildman–Crippen MR) is 80.3 cm³/mol. The van der Waals surface area contributed by atoms with Crippen molar-refractivity contribution in [3.8, 4) is 5.75 Å². The minimum atomic E-state index is -3.68. The minimum absolute atomic E-state index is 0.158. The summed E-state index contributed by atoms with van der Waals surface area (Å²) >= 11 is 1.58. The zero-order valence-electron chi connectivity index (χ0n) is 11.6. The Bertz CT molecular complexity index is 599. The van der Waals surface area contributed by atoms with Gasteiger partial charge < -0.3 is 9.84 Å². The van der Waals surface area contributed by atoms with Crippen LogP contribution in [0.3, 0.4) is 0 Å². The molecule has 1 fully saturated rings. The number of sulfonamides is 1. The van der Waals surface area contributed by atoms with Crippen molar-refractivity contribution < 1.29 is 23.1 Å². The number of ether oxygens (including phenoxy) is 1. The molecule has 0 saturated carbocycles. The van der Waals surface area contributed by atoms with Crippen LogP contribution in [-0.2, 0) is 14.8 Å². The van der Waals surface area contributed by atoms with Crippen LogP contribution in [0.1, 0.15) is 6.42 Å². The second kappa shape index (κ2) is 6.67. The normalized spacial score (nSPS) is 20.1. The molecule has 1 aromatic carbocycles. The Labute approximate surface area is 128 Å². The minimum Gasteiger partial charge on any atom is -0.497 e. The van der Waals surface area contributed by atoms with Gasteiger partial charge in [0.2, 0.25) is 10.0 Å². The van der Waals surface area contributed by atoms with Gasteiger partial charge in [-0.25, -0.2) is 8.42 Å². The quantitative estimate of drug-likeness (QED) is 0.875. The molecule has 6 nitrogen and oxygen atoms in total. The molecule has 0 spiro atoms. The molecular weight excluding hydrogens is 314 g/mol. The lowest BCUT2D eigenvalue weighted by Gasteiger charge is -2.33. The lowest BCUT2D eigenvalue weighted by Crippen LogP contribution is -2.46. The van der Waals surface area contributed by atoms with E-state index in [2.05, 4.69) is 0 Å². The molecule has 8 heteroatoms. The maximum atomic E-state index is 12.7. The Morgan fingerprint density at radius 1 is 1.43 bits per heavy atom. The number of hydrogen-bond acceptors (Lipinski definition) is 5. The number of carboxylic acid groups (broad SMARTS) is 1. The summed E-state index contributed by atoms with van der Waals surface area (Å²) in [6.07, 6.45) is -0.178. The summed E-state index contributed by atoms with van der Waals surface area (Å²) in [5, 5.41) is 8.94. The highest BCUT2D eigenvalue weighted by molar-refractivity contribution is 7.99. The molecule has 2 rings (SSSR count). The molecule has 1 saturated heterocycles. The molecule has 0 radical (unpaired) electrons. The predicted octanol–water partition coefficient (Wildman–Crippen LogP) is 1.28. The number of rotatable bonds is 5. The van der Waals surface area contributed by atoms with Crippen molar-refractivity contribution in [2.45, 2.75) is 17.4 Å². The van der Waals surface area contributed by atoms with E-state index in [1.807, 2.05) is 0 Å². The number of thioether (sulfide) groups is 1. The molecule has 1 N–H and O–H groups in total. The Hall–Kier alpha value is -1.25. The summed E-state index contributed by atoms with van der Waals surface area (Å²) in [5.41, 5.74) is 0. The van der Waals surface area contributed by atoms with Crippen LogP contribution in [-0.4, -0.2) is 55.0 Å². The monoisotopic (exact) mass is 331 g/mol. The molecule has 0 aromatic heterocycles. The molecule has 1 atom stereocenters. The second-order valence-electron chi connectivity index (χ2n) is 4.62. The Morgan fingerprint density at radius 3 is 2.67 bits per heavy atom. The van der Waals surface area contributed by atoms with Crippen LogP contribution in [0, 0.1) is 0 Å². The van der Waals surface area contributed by atoms with Crippen LogP contribution in [0.15, 0.2) is 29.2 Å². The Balaban J connectivity index is 2.28. The number of benzene rings is 1. The lowest BCUT2D eigenvalue weighted by atomic mass is 10.2. The van der Waals surface area contributed by atoms with E-state index in [1.54, 1.807) is 23.9 Å². The number of carboxylic acids is 1. The van der Waals surface area contributed by atoms with Crippen molar-refractivity contribution in [1.29, 1.82) is 0 Å². The van der Waals surface area contributed by atoms with Crippen molar-refractivity contribution in [2.24, 2.45) is 0 Å². The fraction of sp³-hybridized carbons (Fsp3) is 0.462. The van der Waals surface area contributed by atoms with Gasteiger partial charge in [-0.3, -0.25) is 4.79 Å². The molecule has 0 aliphatic carbocycles. The van der Waals surface area contributed by atoms with E-state index in [0.717, 1.165) is 0 Å². The standard InChI is InChI=1S/C13H17NO5S2/c1-19-11-2-4-12(5-3-11)21(17,18)14-6-7-20-9-10(14)8-13(15)16/h2-5,10H,6-9H2,1H3,(H,15,16). The summed E-state index contributed by atoms with van der Waals surface area (Å²) in [6.45, 7) is 0.330. The van der Waals surface area contributed by atoms with Crippen LogP contribution < -0.4 is 4.74 Å². The van der Waals surface area contributed by atoms with Crippen LogP contribution in [0.25, 0.3) is 0 Å². The first kappa shape index (κ1) is 16.1. The van der Waals surface area contributed by atoms with Gasteiger partial charge in [-0.05, 0) is 24.3 Å². The van der Waals surface area contributed by atoms with E-state index in [1.165, 1.54) is 23.5 Å². The number of nitrogens with zero attached hydrogens (tertiary/aromatic N) is 1. The molecule has 1 aromatic rings. The van der Waals surface area contributed by atoms with Gasteiger partial charge in [0.05, 0.1) is 18.4 Å². The second-order valence-corrected chi connectivity index (χ2v) is 7.66. The molecule has 1 aliphatic heterocycles. The van der Waals surface area contributed by atoms with Crippen molar-refractivity contribution in [3.05, 3.63) is 24.3 Å². The third-order valence-electron chi connectivity index (χ3n) is 3.25. The zero-order valence-corrected chi connectivity index (χ0v) is 13.2. The summed E-state index contributed by atoms with van der Waals surface area (Å²) in [7, 11) is -2.17. The average Bonchev–Trinajstić information content (AvgIpc) is 2.47. The zero-order chi connectivity index (χ0) is 15.5. The van der Waals surface area contributed by atoms with Crippen molar-refractivity contribution in [2.75, 3.05) is 25.2 Å². The summed E-state index contributed by atoms with van der Waals surface area (Å²) in [5.74, 6) is 0.760. The number of hydrogen-bond donors (Lipinski definition) is 1. The maximum absolute atomic E-state index is 12.7. The van der Waals surface area contributed by atoms with E-state index < -0.39 is 22.0 Å². The fourth-order valence-electron chi connectivity index (χ4n) is 2.20. The van der Waals surface area contributed by atoms with Gasteiger partial charge in [0.15, 0.2) is 0 Å². The average molecular weight is 331 g/mol. The van der Waals surface area contributed by atoms with Crippen molar-refractivity contribution in [3.63, 3.8) is 0 Å². The molecule has 1 heterocycles. The van der Waals surface area contributed by atoms with Crippen LogP contribution in [0.2, 0.25) is 0 Å². The maximum Gasteiger partial charge on any atom is 0.305 e. The van der Waals surface area contributed by atoms with E-state index in [-0.39, 0.29) is 11.3 Å². The van der Waals surface area contributed by atoms with Crippen LogP contribution >= 0.6 is 11.8 Å². The van der Waals surface area contributed by atoms with Gasteiger partial charge >= 0.3 is 5.97 Å². The van der Waals surface area contributed by atoms with Crippen molar-refractivity contribution >= 4 is 27.8 Å². The Morgan fingerprint density at radius 2 is 2.10 bits per heavy atom. The molecule has 21 heavy (non-hydrogen) atoms. The van der Waals surface area contributed by atoms with Crippen LogP contribution in [0.4, 0.5) is 0 Å². The summed E-state index contributed by atoms with van der Waals surface area (Å²) in [4.78, 5) is 11.1. The number of aliphatic carboxylic acids is 1. The topological polar surface area (TPSA) is 83.9 Å². The highest BCUT2D eigenvalue weighted by atomic mass is 32.2. The summed E-state index contributed by atoms with van der Waals surface area (Å²) < 4.78 is 31.6.